The van der Waals surface area contributed by atoms with Gasteiger partial charge in [0.05, 0.1) is 34.0 Å². The highest BCUT2D eigenvalue weighted by atomic mass is 79.9. The second-order valence-electron chi connectivity index (χ2n) is 6.80. The molecule has 1 fully saturated rings. The van der Waals surface area contributed by atoms with Crippen molar-refractivity contribution in [1.29, 1.82) is 5.26 Å². The highest BCUT2D eigenvalue weighted by Crippen LogP contribution is 2.40. The summed E-state index contributed by atoms with van der Waals surface area (Å²) in [5.74, 6) is -0.357. The van der Waals surface area contributed by atoms with Crippen LogP contribution in [0, 0.1) is 11.3 Å². The van der Waals surface area contributed by atoms with E-state index in [1.165, 1.54) is 4.90 Å². The van der Waals surface area contributed by atoms with E-state index in [1.807, 2.05) is 19.1 Å². The SMILES string of the molecule is CCOc1cc(/C=C2/SC(=S)N(CCC(=O)O)C2=O)cc(Br)c1OCc1ccccc1C#N. The van der Waals surface area contributed by atoms with Gasteiger partial charge < -0.3 is 14.6 Å². The van der Waals surface area contributed by atoms with Gasteiger partial charge in [0.1, 0.15) is 10.9 Å². The van der Waals surface area contributed by atoms with Gasteiger partial charge in [-0.3, -0.25) is 14.5 Å². The Kier molecular flexibility index (Phi) is 8.49. The standard InChI is InChI=1S/C23H19BrN2O5S2/c1-2-30-18-10-14(11-19-22(29)26(23(32)33-19)8-7-20(27)28)9-17(24)21(18)31-13-16-6-4-3-5-15(16)12-25/h3-6,9-11H,2,7-8,13H2,1H3,(H,27,28)/b19-11+. The van der Waals surface area contributed by atoms with Crippen LogP contribution in [0.15, 0.2) is 45.8 Å². The van der Waals surface area contributed by atoms with Gasteiger partial charge in [0.15, 0.2) is 11.5 Å². The largest absolute Gasteiger partial charge is 0.490 e. The average molecular weight is 547 g/mol. The highest BCUT2D eigenvalue weighted by Gasteiger charge is 2.32. The normalized spacial score (nSPS) is 14.5. The maximum absolute atomic E-state index is 12.7. The number of nitrogens with zero attached hydrogens (tertiary/aromatic N) is 2. The molecule has 2 aromatic carbocycles. The highest BCUT2D eigenvalue weighted by molar-refractivity contribution is 9.10. The van der Waals surface area contributed by atoms with Gasteiger partial charge in [0.2, 0.25) is 0 Å². The lowest BCUT2D eigenvalue weighted by Crippen LogP contribution is -2.30. The Balaban J connectivity index is 1.85. The number of nitriles is 1. The van der Waals surface area contributed by atoms with Gasteiger partial charge in [-0.05, 0) is 52.7 Å². The van der Waals surface area contributed by atoms with Gasteiger partial charge in [-0.2, -0.15) is 5.26 Å². The number of thioether (sulfide) groups is 1. The van der Waals surface area contributed by atoms with Crippen LogP contribution in [0.4, 0.5) is 0 Å². The van der Waals surface area contributed by atoms with E-state index in [0.29, 0.717) is 42.9 Å². The molecule has 0 aliphatic carbocycles. The zero-order valence-corrected chi connectivity index (χ0v) is 20.8. The summed E-state index contributed by atoms with van der Waals surface area (Å²) < 4.78 is 12.7. The van der Waals surface area contributed by atoms with E-state index >= 15 is 0 Å². The minimum absolute atomic E-state index is 0.0299. The van der Waals surface area contributed by atoms with E-state index in [-0.39, 0.29) is 25.5 Å². The quantitative estimate of drug-likeness (QED) is 0.347. The van der Waals surface area contributed by atoms with E-state index in [1.54, 1.807) is 30.3 Å². The number of carboxylic acids is 1. The van der Waals surface area contributed by atoms with Crippen molar-refractivity contribution >= 4 is 62.2 Å². The van der Waals surface area contributed by atoms with Crippen LogP contribution in [0.5, 0.6) is 11.5 Å². The molecule has 7 nitrogen and oxygen atoms in total. The number of rotatable bonds is 9. The lowest BCUT2D eigenvalue weighted by molar-refractivity contribution is -0.137. The zero-order valence-electron chi connectivity index (χ0n) is 17.5. The topological polar surface area (TPSA) is 99.9 Å². The van der Waals surface area contributed by atoms with Crippen molar-refractivity contribution in [2.75, 3.05) is 13.2 Å². The van der Waals surface area contributed by atoms with Crippen molar-refractivity contribution < 1.29 is 24.2 Å². The summed E-state index contributed by atoms with van der Waals surface area (Å²) in [6.45, 7) is 2.47. The third-order valence-electron chi connectivity index (χ3n) is 4.56. The number of amides is 1. The predicted molar refractivity (Wildman–Crippen MR) is 133 cm³/mol. The van der Waals surface area contributed by atoms with Crippen LogP contribution < -0.4 is 9.47 Å². The third-order valence-corrected chi connectivity index (χ3v) is 6.53. The molecule has 0 unspecified atom stereocenters. The van der Waals surface area contributed by atoms with E-state index < -0.39 is 5.97 Å². The summed E-state index contributed by atoms with van der Waals surface area (Å²) in [6, 6.07) is 12.9. The average Bonchev–Trinajstić information content (AvgIpc) is 3.04. The molecule has 1 amide bonds. The summed E-state index contributed by atoms with van der Waals surface area (Å²) >= 11 is 9.88. The van der Waals surface area contributed by atoms with Crippen molar-refractivity contribution in [2.24, 2.45) is 0 Å². The third kappa shape index (κ3) is 6.13. The van der Waals surface area contributed by atoms with Gasteiger partial charge in [-0.25, -0.2) is 0 Å². The van der Waals surface area contributed by atoms with Crippen molar-refractivity contribution in [3.05, 3.63) is 62.5 Å². The van der Waals surface area contributed by atoms with Crippen LogP contribution in [0.1, 0.15) is 30.0 Å². The van der Waals surface area contributed by atoms with Crippen LogP contribution in [-0.2, 0) is 16.2 Å². The number of hydrogen-bond donors (Lipinski definition) is 1. The van der Waals surface area contributed by atoms with Gasteiger partial charge in [0, 0.05) is 12.1 Å². The van der Waals surface area contributed by atoms with Crippen LogP contribution in [0.3, 0.4) is 0 Å². The summed E-state index contributed by atoms with van der Waals surface area (Å²) in [7, 11) is 0. The molecule has 0 spiro atoms. The summed E-state index contributed by atoms with van der Waals surface area (Å²) in [5, 5.41) is 18.2. The van der Waals surface area contributed by atoms with E-state index in [0.717, 1.165) is 17.3 Å². The number of hydrogen-bond acceptors (Lipinski definition) is 7. The molecule has 1 aliphatic rings. The Hall–Kier alpha value is -2.87. The Morgan fingerprint density at radius 2 is 2.09 bits per heavy atom. The van der Waals surface area contributed by atoms with Crippen LogP contribution >= 0.6 is 39.9 Å². The first-order chi connectivity index (χ1) is 15.8. The number of thiocarbonyl (C=S) groups is 1. The van der Waals surface area contributed by atoms with Gasteiger partial charge in [0.25, 0.3) is 5.91 Å². The van der Waals surface area contributed by atoms with Crippen LogP contribution in [-0.4, -0.2) is 39.4 Å². The van der Waals surface area contributed by atoms with Crippen molar-refractivity contribution in [3.63, 3.8) is 0 Å². The molecule has 10 heteroatoms. The van der Waals surface area contributed by atoms with Gasteiger partial charge in [-0.1, -0.05) is 42.2 Å². The van der Waals surface area contributed by atoms with Crippen molar-refractivity contribution in [2.45, 2.75) is 20.0 Å². The molecule has 0 atom stereocenters. The number of halogens is 1. The van der Waals surface area contributed by atoms with Crippen molar-refractivity contribution in [1.82, 2.24) is 4.90 Å². The summed E-state index contributed by atoms with van der Waals surface area (Å²) in [4.78, 5) is 25.2. The van der Waals surface area contributed by atoms with Crippen molar-refractivity contribution in [3.8, 4) is 17.6 Å². The molecule has 0 saturated carbocycles. The van der Waals surface area contributed by atoms with Crippen LogP contribution in [0.25, 0.3) is 6.08 Å². The minimum atomic E-state index is -0.994. The molecular formula is C23H19BrN2O5S2. The first-order valence-corrected chi connectivity index (χ1v) is 11.9. The summed E-state index contributed by atoms with van der Waals surface area (Å²) in [6.07, 6.45) is 1.50. The number of benzene rings is 2. The Morgan fingerprint density at radius 3 is 2.79 bits per heavy atom. The molecular weight excluding hydrogens is 528 g/mol. The van der Waals surface area contributed by atoms with E-state index in [2.05, 4.69) is 22.0 Å². The zero-order chi connectivity index (χ0) is 24.0. The smallest absolute Gasteiger partial charge is 0.305 e. The van der Waals surface area contributed by atoms with E-state index in [4.69, 9.17) is 26.8 Å². The molecule has 3 rings (SSSR count). The monoisotopic (exact) mass is 546 g/mol. The number of carbonyl (C=O) groups is 2. The molecule has 1 N–H and O–H groups in total. The maximum atomic E-state index is 12.7. The molecule has 0 bridgehead atoms. The fourth-order valence-corrected chi connectivity index (χ4v) is 4.91. The van der Waals surface area contributed by atoms with Crippen LogP contribution in [0.2, 0.25) is 0 Å². The second kappa shape index (κ2) is 11.3. The Bertz CT molecular complexity index is 1180. The summed E-state index contributed by atoms with van der Waals surface area (Å²) in [5.41, 5.74) is 1.98. The lowest BCUT2D eigenvalue weighted by atomic mass is 10.1. The fourth-order valence-electron chi connectivity index (χ4n) is 3.03. The molecule has 170 valence electrons. The molecule has 33 heavy (non-hydrogen) atoms. The number of aliphatic carboxylic acids is 1. The lowest BCUT2D eigenvalue weighted by Gasteiger charge is -2.15. The minimum Gasteiger partial charge on any atom is -0.490 e. The Labute approximate surface area is 209 Å². The van der Waals surface area contributed by atoms with E-state index in [9.17, 15) is 14.9 Å². The predicted octanol–water partition coefficient (Wildman–Crippen LogP) is 4.97. The number of ether oxygens (including phenoxy) is 2. The van der Waals surface area contributed by atoms with Gasteiger partial charge in [-0.15, -0.1) is 0 Å². The number of carboxylic acid groups (broad SMARTS) is 1. The van der Waals surface area contributed by atoms with Gasteiger partial charge >= 0.3 is 5.97 Å². The molecule has 2 aromatic rings. The first-order valence-electron chi connectivity index (χ1n) is 9.88. The Morgan fingerprint density at radius 1 is 1.33 bits per heavy atom. The fraction of sp³-hybridized carbons (Fsp3) is 0.217. The molecule has 1 saturated heterocycles. The molecule has 1 heterocycles. The first kappa shape index (κ1) is 24.8. The molecule has 0 radical (unpaired) electrons. The second-order valence-corrected chi connectivity index (χ2v) is 9.33. The molecule has 0 aromatic heterocycles. The molecule has 1 aliphatic heterocycles. The number of carbonyl (C=O) groups excluding carboxylic acids is 1. The maximum Gasteiger partial charge on any atom is 0.305 e.